The topological polar surface area (TPSA) is 78.6 Å². The van der Waals surface area contributed by atoms with Gasteiger partial charge in [0.2, 0.25) is 0 Å². The number of nitrogens with zero attached hydrogens (tertiary/aromatic N) is 4. The van der Waals surface area contributed by atoms with Crippen molar-refractivity contribution in [3.63, 3.8) is 0 Å². The Hall–Kier alpha value is -3.30. The first-order valence-electron chi connectivity index (χ1n) is 13.2. The minimum absolute atomic E-state index is 0.0411. The second-order valence-corrected chi connectivity index (χ2v) is 10.3. The number of aromatic nitrogens is 3. The average Bonchev–Trinajstić information content (AvgIpc) is 3.23. The highest BCUT2D eigenvalue weighted by Gasteiger charge is 2.21. The number of hydrogen-bond donors (Lipinski definition) is 0. The molecule has 204 valence electrons. The Morgan fingerprint density at radius 2 is 1.92 bits per heavy atom. The van der Waals surface area contributed by atoms with E-state index in [1.54, 1.807) is 7.11 Å². The molecule has 0 N–H and O–H groups in total. The number of likely N-dealkylation sites (tertiary alicyclic amines) is 1. The summed E-state index contributed by atoms with van der Waals surface area (Å²) in [4.78, 5) is 28.6. The Balaban J connectivity index is 1.59. The number of halogens is 1. The van der Waals surface area contributed by atoms with Crippen LogP contribution in [-0.4, -0.2) is 65.0 Å². The molecule has 38 heavy (non-hydrogen) atoms. The van der Waals surface area contributed by atoms with Gasteiger partial charge in [-0.05, 0) is 67.6 Å². The lowest BCUT2D eigenvalue weighted by Crippen LogP contribution is -2.40. The standard InChI is InChI=1S/C29H37FN4O4/c1-20(2)16-24(35)18-33-28(22-9-12-26(30)27(17-22)38-4)31-34(29(33)36)23-10-7-21(8-11-23)13-15-32-14-5-6-25(19-32)37-3/h7-12,17,20,25H,5-6,13-16,18-19H2,1-4H3. The molecule has 3 aromatic rings. The van der Waals surface area contributed by atoms with Crippen LogP contribution < -0.4 is 10.4 Å². The van der Waals surface area contributed by atoms with Crippen LogP contribution >= 0.6 is 0 Å². The van der Waals surface area contributed by atoms with Crippen LogP contribution in [0.4, 0.5) is 4.39 Å². The summed E-state index contributed by atoms with van der Waals surface area (Å²) in [5.74, 6) is -0.0914. The predicted octanol–water partition coefficient (Wildman–Crippen LogP) is 4.12. The van der Waals surface area contributed by atoms with Gasteiger partial charge in [-0.25, -0.2) is 9.18 Å². The Morgan fingerprint density at radius 3 is 2.61 bits per heavy atom. The zero-order chi connectivity index (χ0) is 27.2. The first kappa shape index (κ1) is 27.7. The highest BCUT2D eigenvalue weighted by atomic mass is 19.1. The highest BCUT2D eigenvalue weighted by molar-refractivity contribution is 5.79. The van der Waals surface area contributed by atoms with Crippen molar-refractivity contribution in [2.75, 3.05) is 33.9 Å². The zero-order valence-corrected chi connectivity index (χ0v) is 22.7. The third-order valence-electron chi connectivity index (χ3n) is 6.94. The number of carbonyl (C=O) groups excluding carboxylic acids is 1. The number of methoxy groups -OCH3 is 2. The van der Waals surface area contributed by atoms with E-state index in [0.717, 1.165) is 44.5 Å². The van der Waals surface area contributed by atoms with Gasteiger partial charge in [-0.2, -0.15) is 4.68 Å². The molecular formula is C29H37FN4O4. The summed E-state index contributed by atoms with van der Waals surface area (Å²) in [6, 6.07) is 12.0. The normalized spacial score (nSPS) is 16.2. The van der Waals surface area contributed by atoms with E-state index in [1.165, 1.54) is 34.6 Å². The van der Waals surface area contributed by atoms with Crippen molar-refractivity contribution in [3.05, 3.63) is 64.3 Å². The summed E-state index contributed by atoms with van der Waals surface area (Å²) in [6.07, 6.45) is 3.80. The van der Waals surface area contributed by atoms with Crippen LogP contribution in [0.25, 0.3) is 17.1 Å². The van der Waals surface area contributed by atoms with E-state index in [-0.39, 0.29) is 29.8 Å². The molecule has 1 unspecified atom stereocenters. The van der Waals surface area contributed by atoms with Crippen molar-refractivity contribution in [2.24, 2.45) is 5.92 Å². The van der Waals surface area contributed by atoms with Gasteiger partial charge < -0.3 is 14.4 Å². The molecule has 0 spiro atoms. The molecule has 0 amide bonds. The lowest BCUT2D eigenvalue weighted by Gasteiger charge is -2.31. The predicted molar refractivity (Wildman–Crippen MR) is 144 cm³/mol. The number of ether oxygens (including phenoxy) is 2. The van der Waals surface area contributed by atoms with Gasteiger partial charge in [0, 0.05) is 32.2 Å². The quantitative estimate of drug-likeness (QED) is 0.376. The van der Waals surface area contributed by atoms with Gasteiger partial charge in [-0.15, -0.1) is 5.10 Å². The molecule has 9 heteroatoms. The Kier molecular flexibility index (Phi) is 9.12. The third kappa shape index (κ3) is 6.57. The summed E-state index contributed by atoms with van der Waals surface area (Å²) in [6.45, 7) is 6.78. The van der Waals surface area contributed by atoms with Crippen molar-refractivity contribution in [1.29, 1.82) is 0 Å². The number of Topliss-reactive ketones (excluding diaryl/α,β-unsaturated/α-hetero) is 1. The minimum Gasteiger partial charge on any atom is -0.494 e. The molecule has 8 nitrogen and oxygen atoms in total. The van der Waals surface area contributed by atoms with Gasteiger partial charge in [0.25, 0.3) is 0 Å². The number of rotatable bonds is 11. The van der Waals surface area contributed by atoms with Crippen LogP contribution in [0.2, 0.25) is 0 Å². The molecule has 0 radical (unpaired) electrons. The smallest absolute Gasteiger partial charge is 0.351 e. The monoisotopic (exact) mass is 524 g/mol. The van der Waals surface area contributed by atoms with Crippen molar-refractivity contribution in [3.8, 4) is 22.8 Å². The van der Waals surface area contributed by atoms with Crippen LogP contribution in [0, 0.1) is 11.7 Å². The van der Waals surface area contributed by atoms with E-state index < -0.39 is 11.5 Å². The molecule has 2 aromatic carbocycles. The lowest BCUT2D eigenvalue weighted by atomic mass is 10.1. The summed E-state index contributed by atoms with van der Waals surface area (Å²) < 4.78 is 27.4. The molecule has 0 aliphatic carbocycles. The molecule has 1 aliphatic heterocycles. The molecular weight excluding hydrogens is 487 g/mol. The average molecular weight is 525 g/mol. The van der Waals surface area contributed by atoms with Crippen LogP contribution in [-0.2, 0) is 22.5 Å². The molecule has 0 bridgehead atoms. The fourth-order valence-corrected chi connectivity index (χ4v) is 4.92. The van der Waals surface area contributed by atoms with Gasteiger partial charge in [0.05, 0.1) is 25.4 Å². The summed E-state index contributed by atoms with van der Waals surface area (Å²) in [5.41, 5.74) is 1.83. The van der Waals surface area contributed by atoms with Crippen molar-refractivity contribution in [2.45, 2.75) is 52.2 Å². The van der Waals surface area contributed by atoms with E-state index >= 15 is 0 Å². The Labute approximate surface area is 223 Å². The highest BCUT2D eigenvalue weighted by Crippen LogP contribution is 2.25. The summed E-state index contributed by atoms with van der Waals surface area (Å²) in [7, 11) is 3.15. The molecule has 1 aromatic heterocycles. The van der Waals surface area contributed by atoms with Gasteiger partial charge in [0.15, 0.2) is 23.2 Å². The van der Waals surface area contributed by atoms with Crippen LogP contribution in [0.5, 0.6) is 5.75 Å². The van der Waals surface area contributed by atoms with E-state index in [4.69, 9.17) is 9.47 Å². The number of benzene rings is 2. The number of carbonyl (C=O) groups is 1. The second kappa shape index (κ2) is 12.5. The summed E-state index contributed by atoms with van der Waals surface area (Å²) >= 11 is 0. The number of hydrogen-bond acceptors (Lipinski definition) is 6. The number of ketones is 1. The zero-order valence-electron chi connectivity index (χ0n) is 22.7. The van der Waals surface area contributed by atoms with Crippen LogP contribution in [0.15, 0.2) is 47.3 Å². The molecule has 0 saturated carbocycles. The van der Waals surface area contributed by atoms with E-state index in [0.29, 0.717) is 23.8 Å². The second-order valence-electron chi connectivity index (χ2n) is 10.3. The largest absolute Gasteiger partial charge is 0.494 e. The summed E-state index contributed by atoms with van der Waals surface area (Å²) in [5, 5.41) is 4.57. The van der Waals surface area contributed by atoms with Crippen molar-refractivity contribution >= 4 is 5.78 Å². The molecule has 2 heterocycles. The van der Waals surface area contributed by atoms with Gasteiger partial charge in [0.1, 0.15) is 0 Å². The minimum atomic E-state index is -0.515. The van der Waals surface area contributed by atoms with Gasteiger partial charge in [-0.3, -0.25) is 9.36 Å². The molecule has 1 saturated heterocycles. The van der Waals surface area contributed by atoms with Crippen molar-refractivity contribution < 1.29 is 18.7 Å². The van der Waals surface area contributed by atoms with Crippen LogP contribution in [0.1, 0.15) is 38.7 Å². The van der Waals surface area contributed by atoms with Gasteiger partial charge in [-0.1, -0.05) is 26.0 Å². The molecule has 4 rings (SSSR count). The number of piperidine rings is 1. The lowest BCUT2D eigenvalue weighted by molar-refractivity contribution is -0.120. The first-order chi connectivity index (χ1) is 18.3. The maximum atomic E-state index is 14.1. The van der Waals surface area contributed by atoms with E-state index in [1.807, 2.05) is 38.1 Å². The SMILES string of the molecule is COc1cc(-c2nn(-c3ccc(CCN4CCCC(OC)C4)cc3)c(=O)n2CC(=O)CC(C)C)ccc1F. The Morgan fingerprint density at radius 1 is 1.16 bits per heavy atom. The fraction of sp³-hybridized carbons (Fsp3) is 0.483. The van der Waals surface area contributed by atoms with E-state index in [2.05, 4.69) is 10.00 Å². The van der Waals surface area contributed by atoms with Crippen LogP contribution in [0.3, 0.4) is 0 Å². The van der Waals surface area contributed by atoms with Gasteiger partial charge >= 0.3 is 5.69 Å². The maximum Gasteiger partial charge on any atom is 0.351 e. The van der Waals surface area contributed by atoms with Crippen molar-refractivity contribution in [1.82, 2.24) is 19.2 Å². The Bertz CT molecular complexity index is 1300. The molecule has 1 aliphatic rings. The third-order valence-corrected chi connectivity index (χ3v) is 6.94. The molecule has 1 atom stereocenters. The maximum absolute atomic E-state index is 14.1. The van der Waals surface area contributed by atoms with E-state index in [9.17, 15) is 14.0 Å². The fourth-order valence-electron chi connectivity index (χ4n) is 4.92. The first-order valence-corrected chi connectivity index (χ1v) is 13.2. The molecule has 1 fully saturated rings.